The Morgan fingerprint density at radius 2 is 1.68 bits per heavy atom. The topological polar surface area (TPSA) is 50.9 Å². The second-order valence-electron chi connectivity index (χ2n) is 4.62. The van der Waals surface area contributed by atoms with E-state index in [2.05, 4.69) is 10.2 Å². The van der Waals surface area contributed by atoms with Gasteiger partial charge in [-0.2, -0.15) is 17.9 Å². The Morgan fingerprint density at radius 1 is 0.955 bits per heavy atom. The highest BCUT2D eigenvalue weighted by Gasteiger charge is 2.30. The Labute approximate surface area is 123 Å². The highest BCUT2D eigenvalue weighted by atomic mass is 19.4. The fraction of sp³-hybridized carbons (Fsp3) is 0.0667. The quantitative estimate of drug-likeness (QED) is 0.731. The van der Waals surface area contributed by atoms with E-state index in [1.165, 1.54) is 6.07 Å². The summed E-state index contributed by atoms with van der Waals surface area (Å²) in [5.41, 5.74) is 0.664. The predicted octanol–water partition coefficient (Wildman–Crippen LogP) is 3.87. The third-order valence-electron chi connectivity index (χ3n) is 3.20. The van der Waals surface area contributed by atoms with Crippen molar-refractivity contribution in [2.24, 2.45) is 0 Å². The van der Waals surface area contributed by atoms with Crippen LogP contribution in [0.4, 0.5) is 13.2 Å². The molecule has 3 rings (SSSR count). The van der Waals surface area contributed by atoms with E-state index in [-0.39, 0.29) is 5.82 Å². The summed E-state index contributed by atoms with van der Waals surface area (Å²) in [4.78, 5) is 0. The summed E-state index contributed by atoms with van der Waals surface area (Å²) in [7, 11) is 0. The molecule has 3 aromatic rings. The second kappa shape index (κ2) is 5.18. The smallest absolute Gasteiger partial charge is 0.416 e. The molecule has 0 aliphatic heterocycles. The van der Waals surface area contributed by atoms with Crippen LogP contribution in [0.5, 0.6) is 0 Å². The summed E-state index contributed by atoms with van der Waals surface area (Å²) in [5.74, 6) is 0.160. The van der Waals surface area contributed by atoms with Gasteiger partial charge in [-0.3, -0.25) is 0 Å². The van der Waals surface area contributed by atoms with Crippen molar-refractivity contribution < 1.29 is 18.4 Å². The maximum absolute atomic E-state index is 12.9. The summed E-state index contributed by atoms with van der Waals surface area (Å²) in [6.07, 6.45) is -3.31. The zero-order chi connectivity index (χ0) is 15.7. The summed E-state index contributed by atoms with van der Waals surface area (Å²) in [6, 6.07) is 11.7. The molecule has 4 nitrogen and oxygen atoms in total. The first kappa shape index (κ1) is 14.1. The number of nitrogens with zero attached hydrogens (tertiary/aromatic N) is 3. The molecule has 2 aromatic carbocycles. The van der Waals surface area contributed by atoms with Gasteiger partial charge >= 0.3 is 6.18 Å². The molecule has 1 N–H and O–H groups in total. The van der Waals surface area contributed by atoms with Crippen LogP contribution in [0.1, 0.15) is 5.56 Å². The standard InChI is InChI=1S/C15H10F3N3O/c16-15(17,18)11-5-3-4-10(8-11)12-6-1-2-7-13(12)14-20-19-9-21(14)22/h1-9,22H. The molecule has 0 spiro atoms. The van der Waals surface area contributed by atoms with Crippen LogP contribution in [-0.4, -0.2) is 20.1 Å². The van der Waals surface area contributed by atoms with Gasteiger partial charge in [-0.25, -0.2) is 0 Å². The lowest BCUT2D eigenvalue weighted by atomic mass is 9.97. The lowest BCUT2D eigenvalue weighted by Gasteiger charge is -2.11. The minimum atomic E-state index is -4.41. The van der Waals surface area contributed by atoms with Gasteiger partial charge in [-0.1, -0.05) is 36.4 Å². The van der Waals surface area contributed by atoms with Crippen molar-refractivity contribution >= 4 is 0 Å². The molecule has 0 unspecified atom stereocenters. The van der Waals surface area contributed by atoms with Crippen molar-refractivity contribution in [2.45, 2.75) is 6.18 Å². The molecule has 22 heavy (non-hydrogen) atoms. The second-order valence-corrected chi connectivity index (χ2v) is 4.62. The Balaban J connectivity index is 2.16. The predicted molar refractivity (Wildman–Crippen MR) is 73.1 cm³/mol. The average molecular weight is 305 g/mol. The molecule has 0 amide bonds. The first-order valence-corrected chi connectivity index (χ1v) is 6.33. The minimum Gasteiger partial charge on any atom is -0.425 e. The van der Waals surface area contributed by atoms with E-state index in [0.717, 1.165) is 23.2 Å². The average Bonchev–Trinajstić information content (AvgIpc) is 2.92. The van der Waals surface area contributed by atoms with Gasteiger partial charge in [0.15, 0.2) is 12.2 Å². The highest BCUT2D eigenvalue weighted by Crippen LogP contribution is 2.35. The van der Waals surface area contributed by atoms with Crippen LogP contribution in [-0.2, 0) is 6.18 Å². The van der Waals surface area contributed by atoms with E-state index in [0.29, 0.717) is 16.7 Å². The zero-order valence-electron chi connectivity index (χ0n) is 11.1. The molecule has 0 atom stereocenters. The number of rotatable bonds is 2. The highest BCUT2D eigenvalue weighted by molar-refractivity contribution is 5.80. The first-order chi connectivity index (χ1) is 10.5. The minimum absolute atomic E-state index is 0.160. The molecular formula is C15H10F3N3O. The summed E-state index contributed by atoms with van der Waals surface area (Å²) < 4.78 is 39.3. The maximum atomic E-state index is 12.9. The molecule has 1 heterocycles. The molecule has 1 aromatic heterocycles. The Bertz CT molecular complexity index is 812. The maximum Gasteiger partial charge on any atom is 0.416 e. The fourth-order valence-corrected chi connectivity index (χ4v) is 2.20. The van der Waals surface area contributed by atoms with Crippen LogP contribution in [0.15, 0.2) is 54.9 Å². The number of aromatic nitrogens is 3. The van der Waals surface area contributed by atoms with Crippen LogP contribution in [0.25, 0.3) is 22.5 Å². The summed E-state index contributed by atoms with van der Waals surface area (Å²) in [6.45, 7) is 0. The number of hydrogen-bond acceptors (Lipinski definition) is 3. The van der Waals surface area contributed by atoms with Crippen LogP contribution in [0, 0.1) is 0 Å². The number of halogens is 3. The number of alkyl halides is 3. The zero-order valence-corrected chi connectivity index (χ0v) is 11.1. The third kappa shape index (κ3) is 2.52. The van der Waals surface area contributed by atoms with Crippen LogP contribution >= 0.6 is 0 Å². The Morgan fingerprint density at radius 3 is 2.32 bits per heavy atom. The van der Waals surface area contributed by atoms with E-state index >= 15 is 0 Å². The van der Waals surface area contributed by atoms with Crippen LogP contribution in [0.3, 0.4) is 0 Å². The van der Waals surface area contributed by atoms with Gasteiger partial charge in [0.2, 0.25) is 0 Å². The van der Waals surface area contributed by atoms with Crippen LogP contribution < -0.4 is 0 Å². The lowest BCUT2D eigenvalue weighted by molar-refractivity contribution is -0.137. The molecule has 112 valence electrons. The SMILES string of the molecule is On1cnnc1-c1ccccc1-c1cccc(C(F)(F)F)c1. The van der Waals surface area contributed by atoms with Gasteiger partial charge in [0.25, 0.3) is 0 Å². The molecule has 0 aliphatic carbocycles. The van der Waals surface area contributed by atoms with Crippen molar-refractivity contribution in [2.75, 3.05) is 0 Å². The van der Waals surface area contributed by atoms with Crippen molar-refractivity contribution in [3.63, 3.8) is 0 Å². The molecule has 0 saturated carbocycles. The van der Waals surface area contributed by atoms with E-state index in [1.54, 1.807) is 30.3 Å². The molecule has 0 saturated heterocycles. The van der Waals surface area contributed by atoms with Crippen LogP contribution in [0.2, 0.25) is 0 Å². The van der Waals surface area contributed by atoms with E-state index in [9.17, 15) is 18.4 Å². The summed E-state index contributed by atoms with van der Waals surface area (Å²) in [5, 5.41) is 17.0. The van der Waals surface area contributed by atoms with E-state index in [1.807, 2.05) is 0 Å². The Kier molecular flexibility index (Phi) is 3.32. The van der Waals surface area contributed by atoms with Gasteiger partial charge in [-0.05, 0) is 23.3 Å². The number of benzene rings is 2. The fourth-order valence-electron chi connectivity index (χ4n) is 2.20. The van der Waals surface area contributed by atoms with Gasteiger partial charge < -0.3 is 5.21 Å². The normalized spacial score (nSPS) is 11.6. The van der Waals surface area contributed by atoms with Gasteiger partial charge in [0.05, 0.1) is 5.56 Å². The lowest BCUT2D eigenvalue weighted by Crippen LogP contribution is -2.04. The molecular weight excluding hydrogens is 295 g/mol. The molecule has 0 bridgehead atoms. The van der Waals surface area contributed by atoms with Crippen molar-refractivity contribution in [3.05, 3.63) is 60.4 Å². The molecule has 0 radical (unpaired) electrons. The Hall–Kier alpha value is -2.83. The van der Waals surface area contributed by atoms with E-state index in [4.69, 9.17) is 0 Å². The van der Waals surface area contributed by atoms with E-state index < -0.39 is 11.7 Å². The first-order valence-electron chi connectivity index (χ1n) is 6.33. The number of hydrogen-bond donors (Lipinski definition) is 1. The van der Waals surface area contributed by atoms with Gasteiger partial charge in [0, 0.05) is 5.56 Å². The van der Waals surface area contributed by atoms with Gasteiger partial charge in [0.1, 0.15) is 0 Å². The third-order valence-corrected chi connectivity index (χ3v) is 3.20. The monoisotopic (exact) mass is 305 g/mol. The van der Waals surface area contributed by atoms with Crippen molar-refractivity contribution in [3.8, 4) is 22.5 Å². The molecule has 7 heteroatoms. The molecule has 0 fully saturated rings. The van der Waals surface area contributed by atoms with Gasteiger partial charge in [-0.15, -0.1) is 10.2 Å². The summed E-state index contributed by atoms with van der Waals surface area (Å²) >= 11 is 0. The molecule has 0 aliphatic rings. The largest absolute Gasteiger partial charge is 0.425 e. The van der Waals surface area contributed by atoms with Crippen molar-refractivity contribution in [1.82, 2.24) is 14.9 Å². The van der Waals surface area contributed by atoms with Crippen molar-refractivity contribution in [1.29, 1.82) is 0 Å².